The molecule has 0 spiro atoms. The molecule has 4 heteroatoms. The van der Waals surface area contributed by atoms with Crippen LogP contribution >= 0.6 is 0 Å². The van der Waals surface area contributed by atoms with Crippen LogP contribution in [0.3, 0.4) is 0 Å². The minimum Gasteiger partial charge on any atom is -0.455 e. The second-order valence-electron chi connectivity index (χ2n) is 12.0. The van der Waals surface area contributed by atoms with E-state index in [1.165, 1.54) is 88.2 Å². The van der Waals surface area contributed by atoms with Gasteiger partial charge in [-0.1, -0.05) is 134 Å². The molecule has 2 unspecified atom stereocenters. The van der Waals surface area contributed by atoms with E-state index in [2.05, 4.69) is 45.3 Å². The number of rotatable bonds is 22. The van der Waals surface area contributed by atoms with Crippen LogP contribution in [0, 0.1) is 0 Å². The van der Waals surface area contributed by atoms with Gasteiger partial charge >= 0.3 is 5.97 Å². The fourth-order valence-electron chi connectivity index (χ4n) is 5.57. The molecule has 0 aliphatic heterocycles. The maximum atomic E-state index is 13.2. The van der Waals surface area contributed by atoms with Crippen LogP contribution in [0.4, 0.5) is 0 Å². The number of nitrogens with zero attached hydrogens (tertiary/aromatic N) is 1. The van der Waals surface area contributed by atoms with Crippen LogP contribution in [0.15, 0.2) is 54.6 Å². The van der Waals surface area contributed by atoms with Crippen molar-refractivity contribution in [1.29, 1.82) is 0 Å². The molecule has 2 aromatic rings. The van der Waals surface area contributed by atoms with Gasteiger partial charge in [0.15, 0.2) is 6.04 Å². The Morgan fingerprint density at radius 1 is 0.675 bits per heavy atom. The van der Waals surface area contributed by atoms with Crippen molar-refractivity contribution in [2.75, 3.05) is 14.1 Å². The highest BCUT2D eigenvalue weighted by Crippen LogP contribution is 2.21. The molecule has 0 amide bonds. The Labute approximate surface area is 246 Å². The summed E-state index contributed by atoms with van der Waals surface area (Å²) < 4.78 is 12.5. The summed E-state index contributed by atoms with van der Waals surface area (Å²) >= 11 is 0. The number of benzene rings is 2. The van der Waals surface area contributed by atoms with Crippen LogP contribution in [0.2, 0.25) is 0 Å². The number of likely N-dealkylation sites (N-methyl/N-ethyl adjacent to an activating group) is 1. The van der Waals surface area contributed by atoms with Gasteiger partial charge in [0.2, 0.25) is 6.29 Å². The molecule has 2 atom stereocenters. The minimum absolute atomic E-state index is 0.195. The van der Waals surface area contributed by atoms with Gasteiger partial charge in [0, 0.05) is 18.4 Å². The molecular formula is C36H58NO3+. The van der Waals surface area contributed by atoms with E-state index in [4.69, 9.17) is 9.47 Å². The van der Waals surface area contributed by atoms with Gasteiger partial charge in [-0.15, -0.1) is 0 Å². The molecule has 0 radical (unpaired) electrons. The molecule has 2 rings (SSSR count). The van der Waals surface area contributed by atoms with Crippen molar-refractivity contribution in [3.05, 3.63) is 65.7 Å². The second kappa shape index (κ2) is 19.7. The van der Waals surface area contributed by atoms with Crippen LogP contribution in [-0.4, -0.2) is 36.9 Å². The van der Waals surface area contributed by atoms with Gasteiger partial charge in [-0.3, -0.25) is 0 Å². The molecule has 0 saturated carbocycles. The number of carbonyl (C=O) groups is 1. The standard InChI is InChI=1S/C36H58NO3/c1-6-9-10-11-12-13-14-15-16-17-18-20-23-31-26-28-33(29-27-31)39-35(8-3)40-36(38)34(7-2)37(4,5)30-32-24-21-19-22-25-32/h19,21-22,24-29,34-35H,6-18,20,23,30H2,1-5H3/q+1. The molecule has 40 heavy (non-hydrogen) atoms. The quantitative estimate of drug-likeness (QED) is 0.0631. The third-order valence-electron chi connectivity index (χ3n) is 8.03. The molecule has 0 fully saturated rings. The van der Waals surface area contributed by atoms with Crippen molar-refractivity contribution in [3.8, 4) is 5.75 Å². The van der Waals surface area contributed by atoms with Gasteiger partial charge in [-0.25, -0.2) is 4.79 Å². The van der Waals surface area contributed by atoms with Gasteiger partial charge in [0.25, 0.3) is 0 Å². The van der Waals surface area contributed by atoms with E-state index in [0.29, 0.717) is 17.3 Å². The first-order chi connectivity index (χ1) is 19.4. The van der Waals surface area contributed by atoms with Gasteiger partial charge in [0.1, 0.15) is 12.3 Å². The largest absolute Gasteiger partial charge is 0.455 e. The summed E-state index contributed by atoms with van der Waals surface area (Å²) in [5.74, 6) is 0.558. The molecule has 4 nitrogen and oxygen atoms in total. The maximum absolute atomic E-state index is 13.2. The molecule has 2 aromatic carbocycles. The van der Waals surface area contributed by atoms with Crippen molar-refractivity contribution in [1.82, 2.24) is 0 Å². The van der Waals surface area contributed by atoms with E-state index in [1.54, 1.807) is 0 Å². The zero-order valence-corrected chi connectivity index (χ0v) is 26.3. The Kier molecular flexibility index (Phi) is 16.7. The van der Waals surface area contributed by atoms with Crippen molar-refractivity contribution >= 4 is 5.97 Å². The average Bonchev–Trinajstić information content (AvgIpc) is 2.94. The maximum Gasteiger partial charge on any atom is 0.368 e. The van der Waals surface area contributed by atoms with Crippen LogP contribution in [0.25, 0.3) is 0 Å². The number of unbranched alkanes of at least 4 members (excludes halogenated alkanes) is 11. The van der Waals surface area contributed by atoms with Gasteiger partial charge in [-0.2, -0.15) is 0 Å². The SMILES string of the molecule is CCCCCCCCCCCCCCc1ccc(OC(CC)OC(=O)C(CC)[N+](C)(C)Cc2ccccc2)cc1. The van der Waals surface area contributed by atoms with E-state index in [0.717, 1.165) is 18.7 Å². The predicted molar refractivity (Wildman–Crippen MR) is 168 cm³/mol. The van der Waals surface area contributed by atoms with Crippen molar-refractivity contribution in [3.63, 3.8) is 0 Å². The van der Waals surface area contributed by atoms with Crippen molar-refractivity contribution in [2.45, 2.75) is 136 Å². The van der Waals surface area contributed by atoms with E-state index in [9.17, 15) is 4.79 Å². The minimum atomic E-state index is -0.583. The smallest absolute Gasteiger partial charge is 0.368 e. The zero-order valence-electron chi connectivity index (χ0n) is 26.3. The lowest BCUT2D eigenvalue weighted by Gasteiger charge is -2.36. The highest BCUT2D eigenvalue weighted by molar-refractivity contribution is 5.74. The summed E-state index contributed by atoms with van der Waals surface area (Å²) in [6.07, 6.45) is 18.3. The van der Waals surface area contributed by atoms with E-state index in [-0.39, 0.29) is 12.0 Å². The van der Waals surface area contributed by atoms with Crippen LogP contribution in [0.1, 0.15) is 122 Å². The van der Waals surface area contributed by atoms with Crippen LogP contribution in [0.5, 0.6) is 5.75 Å². The molecule has 0 saturated heterocycles. The van der Waals surface area contributed by atoms with Crippen LogP contribution < -0.4 is 4.74 Å². The Balaban J connectivity index is 1.69. The zero-order chi connectivity index (χ0) is 29.1. The van der Waals surface area contributed by atoms with Crippen molar-refractivity contribution < 1.29 is 18.8 Å². The topological polar surface area (TPSA) is 35.5 Å². The summed E-state index contributed by atoms with van der Waals surface area (Å²) in [4.78, 5) is 13.2. The predicted octanol–water partition coefficient (Wildman–Crippen LogP) is 9.64. The molecule has 224 valence electrons. The first-order valence-electron chi connectivity index (χ1n) is 16.2. The number of ether oxygens (including phenoxy) is 2. The van der Waals surface area contributed by atoms with Crippen molar-refractivity contribution in [2.24, 2.45) is 0 Å². The fraction of sp³-hybridized carbons (Fsp3) is 0.639. The lowest BCUT2D eigenvalue weighted by molar-refractivity contribution is -0.919. The number of hydrogen-bond donors (Lipinski definition) is 0. The first kappa shape index (κ1) is 33.9. The van der Waals surface area contributed by atoms with E-state index in [1.807, 2.05) is 44.2 Å². The number of quaternary nitrogens is 1. The molecule has 0 aliphatic rings. The molecule has 0 N–H and O–H groups in total. The Morgan fingerprint density at radius 3 is 1.75 bits per heavy atom. The Morgan fingerprint density at radius 2 is 1.23 bits per heavy atom. The lowest BCUT2D eigenvalue weighted by Crippen LogP contribution is -2.53. The molecular weight excluding hydrogens is 494 g/mol. The summed E-state index contributed by atoms with van der Waals surface area (Å²) in [6.45, 7) is 7.09. The number of carbonyl (C=O) groups excluding carboxylic acids is 1. The normalized spacial score (nSPS) is 13.1. The Hall–Kier alpha value is -2.33. The monoisotopic (exact) mass is 552 g/mol. The lowest BCUT2D eigenvalue weighted by atomic mass is 10.0. The summed E-state index contributed by atoms with van der Waals surface area (Å²) in [5, 5.41) is 0. The number of hydrogen-bond acceptors (Lipinski definition) is 3. The highest BCUT2D eigenvalue weighted by atomic mass is 16.7. The molecule has 0 bridgehead atoms. The summed E-state index contributed by atoms with van der Waals surface area (Å²) in [6, 6.07) is 18.4. The van der Waals surface area contributed by atoms with E-state index < -0.39 is 6.29 Å². The average molecular weight is 553 g/mol. The molecule has 0 aromatic heterocycles. The third kappa shape index (κ3) is 13.4. The Bertz CT molecular complexity index is 909. The van der Waals surface area contributed by atoms with Gasteiger partial charge in [-0.05, 0) is 30.5 Å². The van der Waals surface area contributed by atoms with E-state index >= 15 is 0 Å². The summed E-state index contributed by atoms with van der Waals surface area (Å²) in [5.41, 5.74) is 2.56. The summed E-state index contributed by atoms with van der Waals surface area (Å²) in [7, 11) is 4.19. The third-order valence-corrected chi connectivity index (χ3v) is 8.03. The molecule has 0 heterocycles. The first-order valence-corrected chi connectivity index (χ1v) is 16.2. The van der Waals surface area contributed by atoms with Gasteiger partial charge < -0.3 is 14.0 Å². The van der Waals surface area contributed by atoms with Crippen LogP contribution in [-0.2, 0) is 22.5 Å². The van der Waals surface area contributed by atoms with Gasteiger partial charge in [0.05, 0.1) is 14.1 Å². The number of esters is 1. The molecule has 0 aliphatic carbocycles. The fourth-order valence-corrected chi connectivity index (χ4v) is 5.57. The highest BCUT2D eigenvalue weighted by Gasteiger charge is 2.36. The number of aryl methyl sites for hydroxylation is 1. The second-order valence-corrected chi connectivity index (χ2v) is 12.0.